The van der Waals surface area contributed by atoms with E-state index in [2.05, 4.69) is 15.4 Å². The number of amides is 2. The van der Waals surface area contributed by atoms with Gasteiger partial charge in [0.25, 0.3) is 5.91 Å². The minimum atomic E-state index is -0.237. The maximum atomic E-state index is 13.1. The van der Waals surface area contributed by atoms with Gasteiger partial charge in [0.05, 0.1) is 6.04 Å². The van der Waals surface area contributed by atoms with E-state index in [4.69, 9.17) is 9.15 Å². The van der Waals surface area contributed by atoms with Gasteiger partial charge in [-0.2, -0.15) is 5.10 Å². The van der Waals surface area contributed by atoms with Crippen molar-refractivity contribution in [1.29, 1.82) is 0 Å². The monoisotopic (exact) mass is 389 g/mol. The summed E-state index contributed by atoms with van der Waals surface area (Å²) in [5, 5.41) is 7.20. The largest absolute Gasteiger partial charge is 0.445 e. The van der Waals surface area contributed by atoms with E-state index in [9.17, 15) is 9.59 Å². The van der Waals surface area contributed by atoms with E-state index in [-0.39, 0.29) is 36.3 Å². The molecule has 3 heterocycles. The summed E-state index contributed by atoms with van der Waals surface area (Å²) in [6, 6.07) is 1.67. The Kier molecular flexibility index (Phi) is 5.83. The van der Waals surface area contributed by atoms with E-state index in [1.54, 1.807) is 22.7 Å². The highest BCUT2D eigenvalue weighted by molar-refractivity contribution is 5.93. The van der Waals surface area contributed by atoms with Crippen LogP contribution in [0.2, 0.25) is 0 Å². The lowest BCUT2D eigenvalue weighted by Gasteiger charge is -2.19. The lowest BCUT2D eigenvalue weighted by Crippen LogP contribution is -2.42. The van der Waals surface area contributed by atoms with Crippen LogP contribution in [0.5, 0.6) is 0 Å². The Bertz CT molecular complexity index is 856. The second-order valence-corrected chi connectivity index (χ2v) is 7.41. The molecule has 1 saturated heterocycles. The lowest BCUT2D eigenvalue weighted by atomic mass is 9.99. The van der Waals surface area contributed by atoms with Gasteiger partial charge in [0.15, 0.2) is 11.6 Å². The highest BCUT2D eigenvalue weighted by Crippen LogP contribution is 2.29. The van der Waals surface area contributed by atoms with Crippen molar-refractivity contribution in [3.05, 3.63) is 35.3 Å². The van der Waals surface area contributed by atoms with Gasteiger partial charge in [0.1, 0.15) is 12.4 Å². The molecule has 1 aliphatic heterocycles. The Morgan fingerprint density at radius 1 is 1.39 bits per heavy atom. The molecule has 0 aromatic carbocycles. The van der Waals surface area contributed by atoms with Crippen molar-refractivity contribution in [3.8, 4) is 0 Å². The molecule has 1 aliphatic rings. The highest BCUT2D eigenvalue weighted by Gasteiger charge is 2.39. The van der Waals surface area contributed by atoms with Crippen molar-refractivity contribution in [2.45, 2.75) is 38.6 Å². The molecule has 28 heavy (non-hydrogen) atoms. The van der Waals surface area contributed by atoms with Gasteiger partial charge >= 0.3 is 0 Å². The molecule has 9 nitrogen and oxygen atoms in total. The number of hydrogen-bond acceptors (Lipinski definition) is 6. The zero-order valence-corrected chi connectivity index (χ0v) is 16.9. The minimum absolute atomic E-state index is 0.0251. The predicted molar refractivity (Wildman–Crippen MR) is 101 cm³/mol. The van der Waals surface area contributed by atoms with Gasteiger partial charge in [0.2, 0.25) is 5.91 Å². The average Bonchev–Trinajstić information content (AvgIpc) is 3.33. The molecular formula is C19H27N5O4. The highest BCUT2D eigenvalue weighted by atomic mass is 16.5. The fourth-order valence-corrected chi connectivity index (χ4v) is 3.56. The first kappa shape index (κ1) is 20.1. The van der Waals surface area contributed by atoms with Crippen molar-refractivity contribution < 1.29 is 18.7 Å². The lowest BCUT2D eigenvalue weighted by molar-refractivity contribution is -0.125. The summed E-state index contributed by atoms with van der Waals surface area (Å²) in [5.74, 6) is 0.680. The van der Waals surface area contributed by atoms with Crippen LogP contribution in [-0.2, 0) is 16.6 Å². The van der Waals surface area contributed by atoms with Gasteiger partial charge in [-0.05, 0) is 13.0 Å². The third kappa shape index (κ3) is 3.94. The number of ether oxygens (including phenoxy) is 1. The second-order valence-electron chi connectivity index (χ2n) is 7.41. The summed E-state index contributed by atoms with van der Waals surface area (Å²) >= 11 is 0. The number of likely N-dealkylation sites (tertiary alicyclic amines) is 1. The maximum absolute atomic E-state index is 13.1. The summed E-state index contributed by atoms with van der Waals surface area (Å²) in [4.78, 5) is 31.3. The molecule has 2 aromatic rings. The summed E-state index contributed by atoms with van der Waals surface area (Å²) in [6.45, 7) is 6.50. The van der Waals surface area contributed by atoms with Crippen molar-refractivity contribution in [2.24, 2.45) is 7.05 Å². The van der Waals surface area contributed by atoms with E-state index < -0.39 is 0 Å². The van der Waals surface area contributed by atoms with E-state index in [0.29, 0.717) is 30.4 Å². The van der Waals surface area contributed by atoms with Crippen molar-refractivity contribution in [3.63, 3.8) is 0 Å². The standard InChI is InChI=1S/C19H27N5O4/c1-11(2)18-22-17(12(3)28-18)19(26)24-8-13(15-6-7-20-23(15)4)14(9-24)21-16(25)10-27-5/h6-7,11,13-14H,8-10H2,1-5H3,(H,21,25)/t13-,14-/m1/s1. The van der Waals surface area contributed by atoms with Gasteiger partial charge in [-0.15, -0.1) is 0 Å². The zero-order valence-electron chi connectivity index (χ0n) is 16.9. The van der Waals surface area contributed by atoms with E-state index in [1.165, 1.54) is 7.11 Å². The van der Waals surface area contributed by atoms with Crippen LogP contribution in [0.4, 0.5) is 0 Å². The van der Waals surface area contributed by atoms with Gasteiger partial charge < -0.3 is 19.4 Å². The first-order valence-electron chi connectivity index (χ1n) is 9.34. The Hall–Kier alpha value is -2.68. The molecule has 152 valence electrons. The normalized spacial score (nSPS) is 19.4. The summed E-state index contributed by atoms with van der Waals surface area (Å²) < 4.78 is 12.3. The van der Waals surface area contributed by atoms with Crippen molar-refractivity contribution in [1.82, 2.24) is 25.0 Å². The number of aryl methyl sites for hydroxylation is 2. The van der Waals surface area contributed by atoms with Gasteiger partial charge in [-0.25, -0.2) is 4.98 Å². The number of oxazole rings is 1. The Balaban J connectivity index is 1.84. The van der Waals surface area contributed by atoms with Crippen LogP contribution in [0.3, 0.4) is 0 Å². The molecule has 2 aromatic heterocycles. The van der Waals surface area contributed by atoms with Gasteiger partial charge in [-0.1, -0.05) is 13.8 Å². The van der Waals surface area contributed by atoms with Crippen LogP contribution in [0.1, 0.15) is 53.5 Å². The summed E-state index contributed by atoms with van der Waals surface area (Å²) in [5.41, 5.74) is 1.29. The number of aromatic nitrogens is 3. The second kappa shape index (κ2) is 8.14. The Morgan fingerprint density at radius 3 is 2.71 bits per heavy atom. The fraction of sp³-hybridized carbons (Fsp3) is 0.579. The van der Waals surface area contributed by atoms with Gasteiger partial charge in [-0.3, -0.25) is 14.3 Å². The number of carbonyl (C=O) groups is 2. The summed E-state index contributed by atoms with van der Waals surface area (Å²) in [7, 11) is 3.33. The number of nitrogens with one attached hydrogen (secondary N) is 1. The fourth-order valence-electron chi connectivity index (χ4n) is 3.56. The quantitative estimate of drug-likeness (QED) is 0.797. The van der Waals surface area contributed by atoms with Crippen LogP contribution < -0.4 is 5.32 Å². The SMILES string of the molecule is COCC(=O)N[C@@H]1CN(C(=O)c2nc(C(C)C)oc2C)C[C@H]1c1ccnn1C. The molecule has 0 unspecified atom stereocenters. The van der Waals surface area contributed by atoms with E-state index in [1.807, 2.05) is 27.0 Å². The van der Waals surface area contributed by atoms with Crippen LogP contribution in [0.25, 0.3) is 0 Å². The average molecular weight is 389 g/mol. The zero-order chi connectivity index (χ0) is 20.4. The van der Waals surface area contributed by atoms with Crippen LogP contribution in [0.15, 0.2) is 16.7 Å². The maximum Gasteiger partial charge on any atom is 0.276 e. The van der Waals surface area contributed by atoms with Gasteiger partial charge in [0, 0.05) is 51.0 Å². The summed E-state index contributed by atoms with van der Waals surface area (Å²) in [6.07, 6.45) is 1.71. The molecule has 2 atom stereocenters. The first-order valence-corrected chi connectivity index (χ1v) is 9.34. The molecular weight excluding hydrogens is 362 g/mol. The Morgan fingerprint density at radius 2 is 2.14 bits per heavy atom. The van der Waals surface area contributed by atoms with Crippen LogP contribution in [0, 0.1) is 6.92 Å². The Labute approximate surface area is 164 Å². The van der Waals surface area contributed by atoms with Crippen LogP contribution >= 0.6 is 0 Å². The molecule has 0 radical (unpaired) electrons. The van der Waals surface area contributed by atoms with E-state index in [0.717, 1.165) is 5.69 Å². The smallest absolute Gasteiger partial charge is 0.276 e. The van der Waals surface area contributed by atoms with Crippen molar-refractivity contribution in [2.75, 3.05) is 26.8 Å². The molecule has 9 heteroatoms. The van der Waals surface area contributed by atoms with Crippen LogP contribution in [-0.4, -0.2) is 64.3 Å². The molecule has 0 bridgehead atoms. The number of methoxy groups -OCH3 is 1. The molecule has 2 amide bonds. The predicted octanol–water partition coefficient (Wildman–Crippen LogP) is 1.21. The number of carbonyl (C=O) groups excluding carboxylic acids is 2. The molecule has 0 aliphatic carbocycles. The number of rotatable bonds is 6. The molecule has 1 fully saturated rings. The number of hydrogen-bond donors (Lipinski definition) is 1. The van der Waals surface area contributed by atoms with E-state index >= 15 is 0 Å². The number of nitrogens with zero attached hydrogens (tertiary/aromatic N) is 4. The topological polar surface area (TPSA) is 102 Å². The molecule has 0 spiro atoms. The molecule has 1 N–H and O–H groups in total. The third-order valence-electron chi connectivity index (χ3n) is 4.98. The molecule has 3 rings (SSSR count). The molecule has 0 saturated carbocycles. The third-order valence-corrected chi connectivity index (χ3v) is 4.98. The first-order chi connectivity index (χ1) is 13.3. The minimum Gasteiger partial charge on any atom is -0.445 e. The van der Waals surface area contributed by atoms with Crippen molar-refractivity contribution >= 4 is 11.8 Å².